The molecule has 1 spiro atoms. The van der Waals surface area contributed by atoms with Gasteiger partial charge in [0.05, 0.1) is 17.3 Å². The summed E-state index contributed by atoms with van der Waals surface area (Å²) in [5.41, 5.74) is -0.393. The van der Waals surface area contributed by atoms with Gasteiger partial charge in [0.2, 0.25) is 5.91 Å². The predicted octanol–water partition coefficient (Wildman–Crippen LogP) is 4.26. The number of nitrogens with zero attached hydrogens (tertiary/aromatic N) is 1. The van der Waals surface area contributed by atoms with Gasteiger partial charge in [-0.15, -0.1) is 0 Å². The van der Waals surface area contributed by atoms with Crippen LogP contribution in [0.15, 0.2) is 11.6 Å². The molecule has 0 saturated heterocycles. The van der Waals surface area contributed by atoms with Crippen molar-refractivity contribution >= 4 is 17.8 Å². The van der Waals surface area contributed by atoms with Gasteiger partial charge in [-0.25, -0.2) is 0 Å². The number of rotatable bonds is 12. The van der Waals surface area contributed by atoms with Crippen LogP contribution in [0.2, 0.25) is 0 Å². The Morgan fingerprint density at radius 1 is 1.05 bits per heavy atom. The van der Waals surface area contributed by atoms with Crippen LogP contribution < -0.4 is 10.6 Å². The first-order chi connectivity index (χ1) is 18.8. The predicted molar refractivity (Wildman–Crippen MR) is 156 cm³/mol. The Labute approximate surface area is 240 Å². The van der Waals surface area contributed by atoms with Crippen molar-refractivity contribution in [3.63, 3.8) is 0 Å². The van der Waals surface area contributed by atoms with Crippen molar-refractivity contribution in [3.8, 4) is 0 Å². The minimum Gasteiger partial charge on any atom is -0.481 e. The summed E-state index contributed by atoms with van der Waals surface area (Å²) in [4.78, 5) is 41.7. The summed E-state index contributed by atoms with van der Waals surface area (Å²) in [7, 11) is 2.04. The molecule has 3 saturated carbocycles. The van der Waals surface area contributed by atoms with Crippen LogP contribution in [0.25, 0.3) is 0 Å². The van der Waals surface area contributed by atoms with Crippen molar-refractivity contribution in [1.82, 2.24) is 15.5 Å². The number of aliphatic carboxylic acids is 2. The fourth-order valence-electron chi connectivity index (χ4n) is 9.75. The number of carboxylic acid groups (broad SMARTS) is 2. The highest BCUT2D eigenvalue weighted by atomic mass is 16.4. The lowest BCUT2D eigenvalue weighted by molar-refractivity contribution is -0.202. The number of carbonyl (C=O) groups excluding carboxylic acids is 1. The maximum atomic E-state index is 14.1. The zero-order chi connectivity index (χ0) is 29.5. The summed E-state index contributed by atoms with van der Waals surface area (Å²) in [5.74, 6) is -2.97. The van der Waals surface area contributed by atoms with Crippen LogP contribution in [0.1, 0.15) is 79.6 Å². The Morgan fingerprint density at radius 3 is 2.38 bits per heavy atom. The Kier molecular flexibility index (Phi) is 9.11. The van der Waals surface area contributed by atoms with Gasteiger partial charge in [0.1, 0.15) is 0 Å². The molecule has 6 unspecified atom stereocenters. The molecule has 5 rings (SSSR count). The molecule has 40 heavy (non-hydrogen) atoms. The van der Waals surface area contributed by atoms with Crippen molar-refractivity contribution < 1.29 is 24.6 Å². The van der Waals surface area contributed by atoms with Crippen molar-refractivity contribution in [1.29, 1.82) is 0 Å². The Bertz CT molecular complexity index is 1010. The number of nitrogens with one attached hydrogen (secondary N) is 2. The Morgan fingerprint density at radius 2 is 1.75 bits per heavy atom. The highest BCUT2D eigenvalue weighted by molar-refractivity contribution is 5.87. The lowest BCUT2D eigenvalue weighted by Crippen LogP contribution is -2.67. The van der Waals surface area contributed by atoms with E-state index in [1.165, 1.54) is 5.57 Å². The van der Waals surface area contributed by atoms with E-state index in [-0.39, 0.29) is 35.0 Å². The average Bonchev–Trinajstić information content (AvgIpc) is 2.89. The normalized spacial score (nSPS) is 38.5. The monoisotopic (exact) mass is 559 g/mol. The molecule has 0 radical (unpaired) electrons. The molecule has 8 atom stereocenters. The molecule has 8 heteroatoms. The second-order valence-electron chi connectivity index (χ2n) is 14.2. The second kappa shape index (κ2) is 11.7. The molecule has 0 aromatic rings. The summed E-state index contributed by atoms with van der Waals surface area (Å²) in [6.45, 7) is 14.5. The van der Waals surface area contributed by atoms with Gasteiger partial charge in [0, 0.05) is 31.6 Å². The minimum atomic E-state index is -0.875. The maximum absolute atomic E-state index is 14.1. The summed E-state index contributed by atoms with van der Waals surface area (Å²) >= 11 is 0. The highest BCUT2D eigenvalue weighted by Gasteiger charge is 2.70. The van der Waals surface area contributed by atoms with E-state index in [2.05, 4.69) is 49.3 Å². The van der Waals surface area contributed by atoms with Gasteiger partial charge in [-0.05, 0) is 88.1 Å². The van der Waals surface area contributed by atoms with Gasteiger partial charge in [0.25, 0.3) is 0 Å². The molecular formula is C32H53N3O5. The molecule has 0 aromatic carbocycles. The van der Waals surface area contributed by atoms with E-state index >= 15 is 0 Å². The molecule has 8 nitrogen and oxygen atoms in total. The SMILES string of the molecule is CCCNCCN(C)CCNC(=O)C1C(C(=O)O)C2CC3C1(C=C2C(C)C)CCC1[C@]3(C)CCC[C@@]1(C)C(=O)O. The molecule has 3 fully saturated rings. The van der Waals surface area contributed by atoms with Crippen LogP contribution in [0.3, 0.4) is 0 Å². The number of likely N-dealkylation sites (N-methyl/N-ethyl adjacent to an activating group) is 1. The van der Waals surface area contributed by atoms with E-state index in [0.29, 0.717) is 32.4 Å². The van der Waals surface area contributed by atoms with Crippen LogP contribution in [0.4, 0.5) is 0 Å². The van der Waals surface area contributed by atoms with Crippen molar-refractivity contribution in [2.75, 3.05) is 39.8 Å². The molecule has 1 amide bonds. The average molecular weight is 560 g/mol. The first-order valence-electron chi connectivity index (χ1n) is 15.7. The number of carboxylic acids is 2. The highest BCUT2D eigenvalue weighted by Crippen LogP contribution is 2.73. The van der Waals surface area contributed by atoms with Gasteiger partial charge in [-0.1, -0.05) is 45.8 Å². The van der Waals surface area contributed by atoms with Gasteiger partial charge < -0.3 is 25.7 Å². The number of hydrogen-bond acceptors (Lipinski definition) is 5. The van der Waals surface area contributed by atoms with Crippen LogP contribution in [-0.2, 0) is 14.4 Å². The van der Waals surface area contributed by atoms with Gasteiger partial charge >= 0.3 is 11.9 Å². The summed E-state index contributed by atoms with van der Waals surface area (Å²) in [6, 6.07) is 0. The molecule has 2 bridgehead atoms. The van der Waals surface area contributed by atoms with Crippen LogP contribution in [0.5, 0.6) is 0 Å². The van der Waals surface area contributed by atoms with Gasteiger partial charge in [-0.2, -0.15) is 0 Å². The quantitative estimate of drug-likeness (QED) is 0.208. The molecule has 4 N–H and O–H groups in total. The standard InChI is InChI=1S/C32H53N3O5/c1-7-13-33-14-16-35(6)17-15-34-27(36)26-25(28(37)38)21-18-24-30(4)10-8-11-31(5,29(39)40)23(30)9-12-32(24,26)19-22(21)20(2)3/h19-21,23-26,33H,7-18H2,1-6H3,(H,34,36)(H,37,38)(H,39,40)/t21?,23?,24?,25?,26?,30-,31+,32?/m0/s1. The van der Waals surface area contributed by atoms with Crippen molar-refractivity contribution in [2.45, 2.75) is 79.6 Å². The molecule has 5 aliphatic carbocycles. The summed E-state index contributed by atoms with van der Waals surface area (Å²) < 4.78 is 0. The van der Waals surface area contributed by atoms with E-state index in [4.69, 9.17) is 0 Å². The van der Waals surface area contributed by atoms with E-state index in [9.17, 15) is 24.6 Å². The molecule has 0 aliphatic heterocycles. The lowest BCUT2D eigenvalue weighted by Gasteiger charge is -2.69. The van der Waals surface area contributed by atoms with E-state index in [0.717, 1.165) is 45.3 Å². The van der Waals surface area contributed by atoms with E-state index in [1.54, 1.807) is 0 Å². The fraction of sp³-hybridized carbons (Fsp3) is 0.844. The molecule has 5 aliphatic rings. The first-order valence-corrected chi connectivity index (χ1v) is 15.7. The number of hydrogen-bond donors (Lipinski definition) is 4. The zero-order valence-electron chi connectivity index (χ0n) is 25.6. The van der Waals surface area contributed by atoms with E-state index in [1.807, 2.05) is 14.0 Å². The number of fused-ring (bicyclic) bond motifs is 2. The zero-order valence-corrected chi connectivity index (χ0v) is 25.6. The van der Waals surface area contributed by atoms with Crippen molar-refractivity contribution in [2.24, 2.45) is 51.8 Å². The van der Waals surface area contributed by atoms with Crippen molar-refractivity contribution in [3.05, 3.63) is 11.6 Å². The number of allylic oxidation sites excluding steroid dienone is 2. The largest absolute Gasteiger partial charge is 0.481 e. The maximum Gasteiger partial charge on any atom is 0.309 e. The van der Waals surface area contributed by atoms with Crippen LogP contribution in [-0.4, -0.2) is 72.7 Å². The smallest absolute Gasteiger partial charge is 0.309 e. The number of amides is 1. The van der Waals surface area contributed by atoms with Crippen LogP contribution in [0, 0.1) is 51.8 Å². The lowest BCUT2D eigenvalue weighted by atomic mass is 9.34. The third kappa shape index (κ3) is 5.12. The minimum absolute atomic E-state index is 0.0269. The van der Waals surface area contributed by atoms with Gasteiger partial charge in [0.15, 0.2) is 0 Å². The second-order valence-corrected chi connectivity index (χ2v) is 14.2. The molecule has 0 heterocycles. The first kappa shape index (κ1) is 31.0. The number of carbonyl (C=O) groups is 3. The van der Waals surface area contributed by atoms with Crippen LogP contribution >= 0.6 is 0 Å². The third-order valence-electron chi connectivity index (χ3n) is 11.6. The van der Waals surface area contributed by atoms with Gasteiger partial charge in [-0.3, -0.25) is 14.4 Å². The summed E-state index contributed by atoms with van der Waals surface area (Å²) in [5, 5.41) is 27.4. The van der Waals surface area contributed by atoms with E-state index < -0.39 is 34.6 Å². The Hall–Kier alpha value is -1.93. The molecular weight excluding hydrogens is 506 g/mol. The third-order valence-corrected chi connectivity index (χ3v) is 11.6. The summed E-state index contributed by atoms with van der Waals surface area (Å²) in [6.07, 6.45) is 8.03. The fourth-order valence-corrected chi connectivity index (χ4v) is 9.75. The molecule has 0 aromatic heterocycles. The Balaban J connectivity index is 1.64. The topological polar surface area (TPSA) is 119 Å². The molecule has 226 valence electrons.